The molecule has 4 aromatic carbocycles. The molecule has 1 saturated carbocycles. The summed E-state index contributed by atoms with van der Waals surface area (Å²) in [5.74, 6) is -2.50. The Labute approximate surface area is 359 Å². The van der Waals surface area contributed by atoms with Crippen molar-refractivity contribution in [2.45, 2.75) is 60.6 Å². The smallest absolute Gasteiger partial charge is 0.325 e. The summed E-state index contributed by atoms with van der Waals surface area (Å²) in [5, 5.41) is 21.8. The molecule has 1 aliphatic rings. The maximum atomic E-state index is 13.7. The molecule has 0 unspecified atom stereocenters. The standard InChI is InChI=1S/C45H49ClN4O7S2/c1-57-40(53)29-47-43(56)44(23-24-44)50-42(55)38(30-58)49-41(54)37(27-31-14-13-21-35(46)26-31)48-39(52)28-36(51)22-11-12-25-59-45(32-15-5-2-6-16-32,33-17-7-3-8-18-33)34-19-9-4-10-20-34/h2-11,13-22,26,36-38,51,58H,12,23-25,27-30H2,1H3,(H,47,56)(H,48,52)(H,49,54)(H,50,55)/b22-11+/t36-,37-,38-/m1/s1. The van der Waals surface area contributed by atoms with Crippen LogP contribution in [0, 0.1) is 0 Å². The molecule has 1 aliphatic carbocycles. The first-order valence-electron chi connectivity index (χ1n) is 19.3. The Hall–Kier alpha value is -5.08. The number of halogens is 1. The maximum absolute atomic E-state index is 13.7. The van der Waals surface area contributed by atoms with Crippen molar-refractivity contribution in [3.05, 3.63) is 155 Å². The molecule has 0 saturated heterocycles. The summed E-state index contributed by atoms with van der Waals surface area (Å²) in [5.41, 5.74) is 2.87. The fraction of sp³-hybridized carbons (Fsp3) is 0.311. The van der Waals surface area contributed by atoms with Gasteiger partial charge in [0.1, 0.15) is 24.2 Å². The van der Waals surface area contributed by atoms with Crippen molar-refractivity contribution in [2.75, 3.05) is 25.2 Å². The highest BCUT2D eigenvalue weighted by molar-refractivity contribution is 8.00. The van der Waals surface area contributed by atoms with Gasteiger partial charge in [0.15, 0.2) is 0 Å². The zero-order valence-electron chi connectivity index (χ0n) is 32.6. The Morgan fingerprint density at radius 3 is 1.97 bits per heavy atom. The van der Waals surface area contributed by atoms with Gasteiger partial charge < -0.3 is 31.1 Å². The number of hydrogen-bond donors (Lipinski definition) is 6. The van der Waals surface area contributed by atoms with E-state index in [1.54, 1.807) is 42.1 Å². The van der Waals surface area contributed by atoms with E-state index in [1.165, 1.54) is 7.11 Å². The van der Waals surface area contributed by atoms with Crippen LogP contribution in [0.2, 0.25) is 5.02 Å². The summed E-state index contributed by atoms with van der Waals surface area (Å²) in [6, 6.07) is 35.6. The van der Waals surface area contributed by atoms with E-state index in [0.717, 1.165) is 16.7 Å². The first-order valence-corrected chi connectivity index (χ1v) is 21.3. The molecule has 0 aromatic heterocycles. The van der Waals surface area contributed by atoms with Gasteiger partial charge in [0, 0.05) is 17.2 Å². The molecule has 4 aromatic rings. The van der Waals surface area contributed by atoms with Crippen LogP contribution in [-0.2, 0) is 39.9 Å². The highest BCUT2D eigenvalue weighted by Gasteiger charge is 2.52. The molecule has 0 bridgehead atoms. The topological polar surface area (TPSA) is 163 Å². The van der Waals surface area contributed by atoms with Gasteiger partial charge >= 0.3 is 5.97 Å². The molecule has 11 nitrogen and oxygen atoms in total. The predicted molar refractivity (Wildman–Crippen MR) is 234 cm³/mol. The number of esters is 1. The van der Waals surface area contributed by atoms with E-state index >= 15 is 0 Å². The number of hydrogen-bond acceptors (Lipinski definition) is 9. The van der Waals surface area contributed by atoms with Crippen molar-refractivity contribution >= 4 is 65.6 Å². The number of methoxy groups -OCH3 is 1. The SMILES string of the molecule is COC(=O)CNC(=O)C1(NC(=O)[C@@H](CS)NC(=O)[C@@H](Cc2cccc(Cl)c2)NC(=O)C[C@H](O)/C=C/CCSC(c2ccccc2)(c2ccccc2)c2ccccc2)CC1. The third-order valence-corrected chi connectivity index (χ3v) is 12.0. The number of thiol groups is 1. The van der Waals surface area contributed by atoms with Crippen LogP contribution in [0.1, 0.15) is 47.9 Å². The summed E-state index contributed by atoms with van der Waals surface area (Å²) in [6.45, 7) is -0.354. The van der Waals surface area contributed by atoms with Gasteiger partial charge in [-0.3, -0.25) is 24.0 Å². The lowest BCUT2D eigenvalue weighted by atomic mass is 9.84. The van der Waals surface area contributed by atoms with Gasteiger partial charge in [-0.15, -0.1) is 11.8 Å². The Bertz CT molecular complexity index is 1970. The van der Waals surface area contributed by atoms with Crippen molar-refractivity contribution in [1.29, 1.82) is 0 Å². The summed E-state index contributed by atoms with van der Waals surface area (Å²) in [6.07, 6.45) is 3.32. The van der Waals surface area contributed by atoms with Crippen molar-refractivity contribution < 1.29 is 33.8 Å². The number of allylic oxidation sites excluding steroid dienone is 1. The van der Waals surface area contributed by atoms with Crippen molar-refractivity contribution in [2.24, 2.45) is 0 Å². The highest BCUT2D eigenvalue weighted by atomic mass is 35.5. The second-order valence-electron chi connectivity index (χ2n) is 14.1. The van der Waals surface area contributed by atoms with E-state index in [4.69, 9.17) is 11.6 Å². The molecular weight excluding hydrogens is 808 g/mol. The number of ether oxygens (including phenoxy) is 1. The molecule has 4 amide bonds. The van der Waals surface area contributed by atoms with Crippen LogP contribution < -0.4 is 21.3 Å². The van der Waals surface area contributed by atoms with Crippen LogP contribution in [0.5, 0.6) is 0 Å². The third-order valence-electron chi connectivity index (χ3n) is 9.86. The molecule has 0 heterocycles. The normalized spacial score (nSPS) is 14.6. The van der Waals surface area contributed by atoms with E-state index in [-0.39, 0.29) is 25.1 Å². The van der Waals surface area contributed by atoms with Gasteiger partial charge in [0.25, 0.3) is 0 Å². The average molecular weight is 857 g/mol. The van der Waals surface area contributed by atoms with Crippen LogP contribution in [0.15, 0.2) is 127 Å². The molecule has 14 heteroatoms. The summed E-state index contributed by atoms with van der Waals surface area (Å²) in [7, 11) is 1.20. The van der Waals surface area contributed by atoms with Crippen LogP contribution in [0.25, 0.3) is 0 Å². The molecule has 1 fully saturated rings. The zero-order valence-corrected chi connectivity index (χ0v) is 35.1. The summed E-state index contributed by atoms with van der Waals surface area (Å²) < 4.78 is 4.07. The van der Waals surface area contributed by atoms with E-state index in [1.807, 2.05) is 60.7 Å². The summed E-state index contributed by atoms with van der Waals surface area (Å²) >= 11 is 12.3. The quantitative estimate of drug-likeness (QED) is 0.0221. The lowest BCUT2D eigenvalue weighted by molar-refractivity contribution is -0.141. The number of aliphatic hydroxyl groups excluding tert-OH is 1. The second-order valence-corrected chi connectivity index (χ2v) is 16.3. The molecular formula is C45H49ClN4O7S2. The van der Waals surface area contributed by atoms with Crippen LogP contribution in [0.3, 0.4) is 0 Å². The maximum Gasteiger partial charge on any atom is 0.325 e. The molecule has 5 N–H and O–H groups in total. The molecule has 3 atom stereocenters. The minimum Gasteiger partial charge on any atom is -0.468 e. The van der Waals surface area contributed by atoms with Crippen molar-refractivity contribution in [3.63, 3.8) is 0 Å². The fourth-order valence-electron chi connectivity index (χ4n) is 6.64. The molecule has 0 aliphatic heterocycles. The van der Waals surface area contributed by atoms with Gasteiger partial charge in [0.05, 0.1) is 24.4 Å². The first-order chi connectivity index (χ1) is 28.5. The van der Waals surface area contributed by atoms with Crippen LogP contribution in [0.4, 0.5) is 0 Å². The van der Waals surface area contributed by atoms with E-state index < -0.39 is 58.1 Å². The lowest BCUT2D eigenvalue weighted by Gasteiger charge is -2.35. The van der Waals surface area contributed by atoms with E-state index in [0.29, 0.717) is 35.6 Å². The van der Waals surface area contributed by atoms with Gasteiger partial charge in [-0.05, 0) is 59.4 Å². The number of carbonyl (C=O) groups excluding carboxylic acids is 5. The number of thioether (sulfide) groups is 1. The largest absolute Gasteiger partial charge is 0.468 e. The summed E-state index contributed by atoms with van der Waals surface area (Å²) in [4.78, 5) is 64.5. The van der Waals surface area contributed by atoms with Gasteiger partial charge in [-0.2, -0.15) is 12.6 Å². The molecule has 310 valence electrons. The van der Waals surface area contributed by atoms with E-state index in [2.05, 4.69) is 75.0 Å². The number of amides is 4. The number of carbonyl (C=O) groups is 5. The Kier molecular flexibility index (Phi) is 16.6. The highest BCUT2D eigenvalue weighted by Crippen LogP contribution is 2.48. The monoisotopic (exact) mass is 856 g/mol. The fourth-order valence-corrected chi connectivity index (χ4v) is 8.58. The molecule has 59 heavy (non-hydrogen) atoms. The lowest BCUT2D eigenvalue weighted by Crippen LogP contribution is -2.58. The molecule has 0 radical (unpaired) electrons. The number of aliphatic hydroxyl groups is 1. The van der Waals surface area contributed by atoms with Gasteiger partial charge in [0.2, 0.25) is 23.6 Å². The van der Waals surface area contributed by atoms with Crippen molar-refractivity contribution in [1.82, 2.24) is 21.3 Å². The second kappa shape index (κ2) is 21.8. The van der Waals surface area contributed by atoms with Crippen LogP contribution in [-0.4, -0.2) is 83.6 Å². The average Bonchev–Trinajstić information content (AvgIpc) is 4.04. The predicted octanol–water partition coefficient (Wildman–Crippen LogP) is 5.14. The van der Waals surface area contributed by atoms with Gasteiger partial charge in [-0.1, -0.05) is 127 Å². The third kappa shape index (κ3) is 12.5. The molecule has 0 spiro atoms. The molecule has 5 rings (SSSR count). The van der Waals surface area contributed by atoms with Gasteiger partial charge in [-0.25, -0.2) is 0 Å². The Morgan fingerprint density at radius 2 is 1.44 bits per heavy atom. The van der Waals surface area contributed by atoms with Crippen LogP contribution >= 0.6 is 36.0 Å². The minimum absolute atomic E-state index is 0.0358. The number of nitrogens with one attached hydrogen (secondary N) is 4. The van der Waals surface area contributed by atoms with E-state index in [9.17, 15) is 29.1 Å². The van der Waals surface area contributed by atoms with Crippen molar-refractivity contribution in [3.8, 4) is 0 Å². The minimum atomic E-state index is -1.22. The Balaban J connectivity index is 1.21. The Morgan fingerprint density at radius 1 is 0.847 bits per heavy atom. The zero-order chi connectivity index (χ0) is 42.3. The first kappa shape index (κ1) is 45.0. The number of benzene rings is 4. The number of rotatable bonds is 21.